The molecular formula is C35H56O6. The van der Waals surface area contributed by atoms with E-state index in [2.05, 4.69) is 59.4 Å². The van der Waals surface area contributed by atoms with Crippen LogP contribution in [0.3, 0.4) is 0 Å². The molecule has 2 unspecified atom stereocenters. The van der Waals surface area contributed by atoms with Gasteiger partial charge in [0.25, 0.3) is 0 Å². The standard InChI is InChI=1S/C35H56O6/c1-7-22(20(2)3)9-8-21(4)26-12-13-27-25-11-10-23-18-24(14-16-34(23,5)28(25)15-17-35(26,27)6)40-33-32(39)31(38)30(37)29(19-36)41-33/h8-9,11,21-24,26-33,36-39H,2,7,10,12-19H2,1,3-6H3/t21-,22-,23?,24?,26-,27+,28+,29-,30-,31+,32-,33-,34+,35-/m1/s1. The SMILES string of the molecule is C=C(C)[C@@H](C=C[C@@H](C)[C@H]1CC[C@H]2C3=CCC4CC(O[C@@H]5O[C@H](CO)[C@@H](O)[C@H](O)[C@H]5O)CC[C@]4(C)[C@H]3CC[C@]12C)CC. The summed E-state index contributed by atoms with van der Waals surface area (Å²) in [5, 5.41) is 40.4. The fraction of sp³-hybridized carbons (Fsp3) is 0.829. The summed E-state index contributed by atoms with van der Waals surface area (Å²) in [6, 6.07) is 0. The molecule has 6 heteroatoms. The van der Waals surface area contributed by atoms with Gasteiger partial charge in [0.15, 0.2) is 6.29 Å². The number of fused-ring (bicyclic) bond motifs is 5. The van der Waals surface area contributed by atoms with Crippen LogP contribution >= 0.6 is 0 Å². The molecule has 0 amide bonds. The van der Waals surface area contributed by atoms with Gasteiger partial charge in [-0.25, -0.2) is 0 Å². The van der Waals surface area contributed by atoms with E-state index in [0.717, 1.165) is 38.0 Å². The molecule has 0 radical (unpaired) electrons. The van der Waals surface area contributed by atoms with Gasteiger partial charge in [-0.15, -0.1) is 0 Å². The van der Waals surface area contributed by atoms with E-state index in [0.29, 0.717) is 35.0 Å². The van der Waals surface area contributed by atoms with Gasteiger partial charge in [0.1, 0.15) is 24.4 Å². The van der Waals surface area contributed by atoms with Crippen molar-refractivity contribution >= 4 is 0 Å². The van der Waals surface area contributed by atoms with Crippen molar-refractivity contribution in [2.45, 2.75) is 129 Å². The van der Waals surface area contributed by atoms with E-state index in [1.54, 1.807) is 5.57 Å². The van der Waals surface area contributed by atoms with E-state index >= 15 is 0 Å². The summed E-state index contributed by atoms with van der Waals surface area (Å²) < 4.78 is 11.9. The van der Waals surface area contributed by atoms with Crippen LogP contribution in [0.2, 0.25) is 0 Å². The third kappa shape index (κ3) is 5.55. The maximum absolute atomic E-state index is 10.5. The van der Waals surface area contributed by atoms with Crippen molar-refractivity contribution in [2.75, 3.05) is 6.61 Å². The molecule has 4 aliphatic carbocycles. The van der Waals surface area contributed by atoms with Gasteiger partial charge in [0.05, 0.1) is 12.7 Å². The Morgan fingerprint density at radius 3 is 2.44 bits per heavy atom. The summed E-state index contributed by atoms with van der Waals surface area (Å²) in [6.07, 6.45) is 11.6. The molecule has 1 aliphatic heterocycles. The molecular weight excluding hydrogens is 516 g/mol. The van der Waals surface area contributed by atoms with Gasteiger partial charge in [0.2, 0.25) is 0 Å². The maximum Gasteiger partial charge on any atom is 0.186 e. The molecule has 5 rings (SSSR count). The Hall–Kier alpha value is -1.02. The van der Waals surface area contributed by atoms with Crippen LogP contribution in [0.1, 0.15) is 92.4 Å². The van der Waals surface area contributed by atoms with Crippen molar-refractivity contribution in [3.63, 3.8) is 0 Å². The summed E-state index contributed by atoms with van der Waals surface area (Å²) in [5.74, 6) is 3.61. The number of aliphatic hydroxyl groups excluding tert-OH is 4. The van der Waals surface area contributed by atoms with E-state index in [1.807, 2.05) is 0 Å². The Morgan fingerprint density at radius 2 is 1.76 bits per heavy atom. The van der Waals surface area contributed by atoms with Crippen LogP contribution in [0.15, 0.2) is 36.0 Å². The summed E-state index contributed by atoms with van der Waals surface area (Å²) in [5.41, 5.74) is 3.62. The summed E-state index contributed by atoms with van der Waals surface area (Å²) >= 11 is 0. The average molecular weight is 573 g/mol. The first-order valence-electron chi connectivity index (χ1n) is 16.4. The molecule has 14 atom stereocenters. The van der Waals surface area contributed by atoms with Crippen molar-refractivity contribution in [2.24, 2.45) is 46.3 Å². The molecule has 0 aromatic heterocycles. The Labute approximate surface area is 247 Å². The summed E-state index contributed by atoms with van der Waals surface area (Å²) in [7, 11) is 0. The minimum Gasteiger partial charge on any atom is -0.394 e. The van der Waals surface area contributed by atoms with Crippen molar-refractivity contribution in [3.05, 3.63) is 36.0 Å². The quantitative estimate of drug-likeness (QED) is 0.285. The number of allylic oxidation sites excluding steroid dienone is 5. The minimum atomic E-state index is -1.40. The van der Waals surface area contributed by atoms with Crippen LogP contribution in [0, 0.1) is 46.3 Å². The van der Waals surface area contributed by atoms with Crippen LogP contribution in [-0.4, -0.2) is 63.8 Å². The van der Waals surface area contributed by atoms with Gasteiger partial charge < -0.3 is 29.9 Å². The number of hydrogen-bond acceptors (Lipinski definition) is 6. The van der Waals surface area contributed by atoms with E-state index in [1.165, 1.54) is 31.3 Å². The lowest BCUT2D eigenvalue weighted by Gasteiger charge is -2.58. The Morgan fingerprint density at radius 1 is 1.05 bits per heavy atom. The molecule has 4 fully saturated rings. The van der Waals surface area contributed by atoms with Crippen molar-refractivity contribution < 1.29 is 29.9 Å². The molecule has 0 spiro atoms. The normalized spacial score (nSPS) is 47.7. The number of rotatable bonds is 8. The largest absolute Gasteiger partial charge is 0.394 e. The topological polar surface area (TPSA) is 99.4 Å². The third-order valence-corrected chi connectivity index (χ3v) is 12.6. The van der Waals surface area contributed by atoms with Gasteiger partial charge in [-0.3, -0.25) is 0 Å². The summed E-state index contributed by atoms with van der Waals surface area (Å²) in [4.78, 5) is 0. The molecule has 1 heterocycles. The van der Waals surface area contributed by atoms with Crippen molar-refractivity contribution in [1.82, 2.24) is 0 Å². The van der Waals surface area contributed by atoms with E-state index in [9.17, 15) is 20.4 Å². The molecule has 5 aliphatic rings. The molecule has 232 valence electrons. The highest BCUT2D eigenvalue weighted by molar-refractivity contribution is 5.28. The monoisotopic (exact) mass is 572 g/mol. The van der Waals surface area contributed by atoms with Gasteiger partial charge in [-0.1, -0.05) is 63.6 Å². The Bertz CT molecular complexity index is 1000. The minimum absolute atomic E-state index is 0.0760. The zero-order chi connectivity index (χ0) is 29.7. The van der Waals surface area contributed by atoms with Gasteiger partial charge in [-0.2, -0.15) is 0 Å². The Balaban J connectivity index is 1.26. The van der Waals surface area contributed by atoms with E-state index < -0.39 is 37.3 Å². The second kappa shape index (κ2) is 12.2. The highest BCUT2D eigenvalue weighted by Crippen LogP contribution is 2.67. The van der Waals surface area contributed by atoms with Gasteiger partial charge in [-0.05, 0) is 111 Å². The van der Waals surface area contributed by atoms with Gasteiger partial charge >= 0.3 is 0 Å². The van der Waals surface area contributed by atoms with Crippen molar-refractivity contribution in [3.8, 4) is 0 Å². The van der Waals surface area contributed by atoms with Crippen LogP contribution in [0.4, 0.5) is 0 Å². The molecule has 1 saturated heterocycles. The van der Waals surface area contributed by atoms with E-state index in [-0.39, 0.29) is 11.5 Å². The van der Waals surface area contributed by atoms with Crippen LogP contribution < -0.4 is 0 Å². The first-order chi connectivity index (χ1) is 19.4. The maximum atomic E-state index is 10.5. The molecule has 4 N–H and O–H groups in total. The predicted molar refractivity (Wildman–Crippen MR) is 161 cm³/mol. The molecule has 0 bridgehead atoms. The lowest BCUT2D eigenvalue weighted by atomic mass is 9.47. The highest BCUT2D eigenvalue weighted by Gasteiger charge is 2.58. The van der Waals surface area contributed by atoms with Crippen LogP contribution in [0.25, 0.3) is 0 Å². The molecule has 41 heavy (non-hydrogen) atoms. The Kier molecular flexibility index (Phi) is 9.32. The number of hydrogen-bond donors (Lipinski definition) is 4. The second-order valence-corrected chi connectivity index (χ2v) is 14.8. The van der Waals surface area contributed by atoms with Crippen molar-refractivity contribution in [1.29, 1.82) is 0 Å². The lowest BCUT2D eigenvalue weighted by molar-refractivity contribution is -0.315. The number of aliphatic hydroxyl groups is 4. The van der Waals surface area contributed by atoms with E-state index in [4.69, 9.17) is 9.47 Å². The molecule has 0 aromatic rings. The first kappa shape index (κ1) is 31.4. The molecule has 6 nitrogen and oxygen atoms in total. The first-order valence-corrected chi connectivity index (χ1v) is 16.4. The second-order valence-electron chi connectivity index (χ2n) is 14.8. The average Bonchev–Trinajstić information content (AvgIpc) is 3.30. The van der Waals surface area contributed by atoms with Crippen LogP contribution in [0.5, 0.6) is 0 Å². The molecule has 0 aromatic carbocycles. The fourth-order valence-electron chi connectivity index (χ4n) is 9.96. The van der Waals surface area contributed by atoms with Crippen LogP contribution in [-0.2, 0) is 9.47 Å². The molecule has 3 saturated carbocycles. The lowest BCUT2D eigenvalue weighted by Crippen LogP contribution is -2.60. The highest BCUT2D eigenvalue weighted by atomic mass is 16.7. The zero-order valence-electron chi connectivity index (χ0n) is 26.0. The zero-order valence-corrected chi connectivity index (χ0v) is 26.0. The number of ether oxygens (including phenoxy) is 2. The third-order valence-electron chi connectivity index (χ3n) is 12.6. The predicted octanol–water partition coefficient (Wildman–Crippen LogP) is 5.55. The summed E-state index contributed by atoms with van der Waals surface area (Å²) in [6.45, 7) is 15.7. The smallest absolute Gasteiger partial charge is 0.186 e. The van der Waals surface area contributed by atoms with Gasteiger partial charge in [0, 0.05) is 0 Å². The fourth-order valence-corrected chi connectivity index (χ4v) is 9.96.